The van der Waals surface area contributed by atoms with Gasteiger partial charge >= 0.3 is 0 Å². The van der Waals surface area contributed by atoms with Crippen LogP contribution in [0.25, 0.3) is 10.9 Å². The number of ketones is 1. The Morgan fingerprint density at radius 3 is 2.77 bits per heavy atom. The molecule has 4 nitrogen and oxygen atoms in total. The lowest BCUT2D eigenvalue weighted by molar-refractivity contribution is 0.102. The van der Waals surface area contributed by atoms with Gasteiger partial charge in [0.1, 0.15) is 10.9 Å². The van der Waals surface area contributed by atoms with Gasteiger partial charge in [-0.2, -0.15) is 0 Å². The van der Waals surface area contributed by atoms with Crippen LogP contribution in [0, 0.1) is 6.92 Å². The second kappa shape index (κ2) is 8.05. The van der Waals surface area contributed by atoms with Gasteiger partial charge in [-0.25, -0.2) is 9.97 Å². The molecule has 0 unspecified atom stereocenters. The second-order valence-electron chi connectivity index (χ2n) is 6.31. The number of hydrogen-bond acceptors (Lipinski definition) is 6. The van der Waals surface area contributed by atoms with Crippen molar-refractivity contribution in [2.75, 3.05) is 5.75 Å². The number of benzene rings is 1. The first kappa shape index (κ1) is 19.3. The fourth-order valence-corrected chi connectivity index (χ4v) is 4.71. The quantitative estimate of drug-likeness (QED) is 0.364. The smallest absolute Gasteiger partial charge is 0.183 e. The van der Waals surface area contributed by atoms with Gasteiger partial charge in [-0.3, -0.25) is 4.79 Å². The molecule has 2 N–H and O–H groups in total. The highest BCUT2D eigenvalue weighted by molar-refractivity contribution is 8.00. The fraction of sp³-hybridized carbons (Fsp3) is 0.316. The van der Waals surface area contributed by atoms with Crippen LogP contribution in [-0.4, -0.2) is 21.5 Å². The first-order chi connectivity index (χ1) is 12.1. The van der Waals surface area contributed by atoms with E-state index in [0.717, 1.165) is 31.5 Å². The van der Waals surface area contributed by atoms with Crippen LogP contribution in [0.1, 0.15) is 44.7 Å². The molecule has 0 spiro atoms. The fourth-order valence-electron chi connectivity index (χ4n) is 2.85. The molecule has 1 aliphatic carbocycles. The number of rotatable bonds is 6. The zero-order chi connectivity index (χ0) is 17.4. The molecular weight excluding hydrogens is 386 g/mol. The summed E-state index contributed by atoms with van der Waals surface area (Å²) in [6.45, 7) is 2.37. The average molecular weight is 406 g/mol. The number of thioether (sulfide) groups is 1. The lowest BCUT2D eigenvalue weighted by Gasteiger charge is -2.08. The Kier molecular flexibility index (Phi) is 5.97. The predicted molar refractivity (Wildman–Crippen MR) is 111 cm³/mol. The Bertz CT molecular complexity index is 953. The van der Waals surface area contributed by atoms with Gasteiger partial charge in [0.25, 0.3) is 0 Å². The highest BCUT2D eigenvalue weighted by Crippen LogP contribution is 2.41. The molecule has 7 heteroatoms. The minimum absolute atomic E-state index is 0. The molecule has 0 amide bonds. The van der Waals surface area contributed by atoms with Gasteiger partial charge in [0.2, 0.25) is 0 Å². The molecular formula is C19H20ClN3OS2. The van der Waals surface area contributed by atoms with Crippen molar-refractivity contribution >= 4 is 52.2 Å². The van der Waals surface area contributed by atoms with E-state index >= 15 is 0 Å². The first-order valence-electron chi connectivity index (χ1n) is 8.37. The Balaban J connectivity index is 0.00000196. The van der Waals surface area contributed by atoms with Crippen LogP contribution in [0.3, 0.4) is 0 Å². The normalized spacial score (nSPS) is 13.6. The lowest BCUT2D eigenvalue weighted by atomic mass is 10.1. The molecule has 1 fully saturated rings. The number of halogens is 1. The van der Waals surface area contributed by atoms with E-state index in [-0.39, 0.29) is 18.2 Å². The summed E-state index contributed by atoms with van der Waals surface area (Å²) in [7, 11) is 0. The summed E-state index contributed by atoms with van der Waals surface area (Å²) in [5, 5.41) is 1.95. The van der Waals surface area contributed by atoms with Crippen molar-refractivity contribution in [2.45, 2.75) is 37.3 Å². The molecule has 0 atom stereocenters. The molecule has 0 bridgehead atoms. The molecule has 0 radical (unpaired) electrons. The molecule has 1 saturated carbocycles. The number of hydrogen-bond donors (Lipinski definition) is 1. The largest absolute Gasteiger partial charge is 0.326 e. The number of aromatic nitrogens is 2. The van der Waals surface area contributed by atoms with Crippen LogP contribution in [0.5, 0.6) is 0 Å². The molecule has 0 saturated heterocycles. The predicted octanol–water partition coefficient (Wildman–Crippen LogP) is 4.73. The van der Waals surface area contributed by atoms with Gasteiger partial charge in [-0.15, -0.1) is 23.7 Å². The number of thiophene rings is 1. The van der Waals surface area contributed by atoms with Crippen molar-refractivity contribution in [1.82, 2.24) is 9.97 Å². The summed E-state index contributed by atoms with van der Waals surface area (Å²) in [5.74, 6) is 1.93. The summed E-state index contributed by atoms with van der Waals surface area (Å²) >= 11 is 2.98. The number of carbonyl (C=O) groups is 1. The molecule has 2 heterocycles. The highest BCUT2D eigenvalue weighted by Gasteiger charge is 2.24. The number of Topliss-reactive ketones (excluding diaryl/α,β-unsaturated/α-hetero) is 1. The molecule has 136 valence electrons. The van der Waals surface area contributed by atoms with E-state index in [9.17, 15) is 4.79 Å². The molecule has 4 rings (SSSR count). The number of nitrogens with two attached hydrogens (primary N) is 1. The third-order valence-electron chi connectivity index (χ3n) is 4.32. The van der Waals surface area contributed by atoms with Crippen molar-refractivity contribution in [3.05, 3.63) is 51.5 Å². The monoisotopic (exact) mass is 405 g/mol. The molecule has 1 aliphatic rings. The summed E-state index contributed by atoms with van der Waals surface area (Å²) in [4.78, 5) is 23.4. The summed E-state index contributed by atoms with van der Waals surface area (Å²) in [6, 6.07) is 10.2. The Hall–Kier alpha value is -1.47. The average Bonchev–Trinajstić information content (AvgIpc) is 3.35. The highest BCUT2D eigenvalue weighted by atomic mass is 35.5. The SMILES string of the molecule is Cc1nc(SCC(=O)c2ccc(CN)s2)c2cc(C3CC3)ccc2n1.Cl. The van der Waals surface area contributed by atoms with Crippen molar-refractivity contribution in [1.29, 1.82) is 0 Å². The molecule has 1 aromatic carbocycles. The molecule has 0 aliphatic heterocycles. The van der Waals surface area contributed by atoms with E-state index in [2.05, 4.69) is 28.2 Å². The van der Waals surface area contributed by atoms with Crippen LogP contribution >= 0.6 is 35.5 Å². The topological polar surface area (TPSA) is 68.9 Å². The maximum atomic E-state index is 12.5. The maximum absolute atomic E-state index is 12.5. The van der Waals surface area contributed by atoms with Gasteiger partial charge in [0, 0.05) is 16.8 Å². The van der Waals surface area contributed by atoms with Crippen molar-refractivity contribution in [2.24, 2.45) is 5.73 Å². The van der Waals surface area contributed by atoms with Gasteiger partial charge in [0.05, 0.1) is 16.1 Å². The minimum atomic E-state index is 0. The van der Waals surface area contributed by atoms with E-state index < -0.39 is 0 Å². The maximum Gasteiger partial charge on any atom is 0.183 e. The van der Waals surface area contributed by atoms with E-state index in [1.54, 1.807) is 0 Å². The Morgan fingerprint density at radius 1 is 1.27 bits per heavy atom. The van der Waals surface area contributed by atoms with Crippen LogP contribution < -0.4 is 5.73 Å². The van der Waals surface area contributed by atoms with E-state index in [0.29, 0.717) is 18.2 Å². The van der Waals surface area contributed by atoms with Crippen LogP contribution in [0.4, 0.5) is 0 Å². The van der Waals surface area contributed by atoms with Gasteiger partial charge in [-0.1, -0.05) is 17.8 Å². The lowest BCUT2D eigenvalue weighted by Crippen LogP contribution is -2.01. The Morgan fingerprint density at radius 2 is 2.08 bits per heavy atom. The molecule has 26 heavy (non-hydrogen) atoms. The standard InChI is InChI=1S/C19H19N3OS2.ClH/c1-11-21-16-6-4-13(12-2-3-12)8-15(16)19(22-11)24-10-17(23)18-7-5-14(9-20)25-18;/h4-8,12H,2-3,9-10,20H2,1H3;1H. The number of carbonyl (C=O) groups excluding carboxylic acids is 1. The number of aryl methyl sites for hydroxylation is 1. The minimum Gasteiger partial charge on any atom is -0.326 e. The Labute approximate surface area is 167 Å². The summed E-state index contributed by atoms with van der Waals surface area (Å²) in [6.07, 6.45) is 2.53. The van der Waals surface area contributed by atoms with Crippen molar-refractivity contribution < 1.29 is 4.79 Å². The van der Waals surface area contributed by atoms with E-state index in [4.69, 9.17) is 5.73 Å². The van der Waals surface area contributed by atoms with Gasteiger partial charge < -0.3 is 5.73 Å². The van der Waals surface area contributed by atoms with Gasteiger partial charge in [0.15, 0.2) is 5.78 Å². The van der Waals surface area contributed by atoms with Gasteiger partial charge in [-0.05, 0) is 55.5 Å². The second-order valence-corrected chi connectivity index (χ2v) is 8.44. The third kappa shape index (κ3) is 4.09. The molecule has 3 aromatic rings. The van der Waals surface area contributed by atoms with Crippen molar-refractivity contribution in [3.63, 3.8) is 0 Å². The van der Waals surface area contributed by atoms with Crippen LogP contribution in [0.2, 0.25) is 0 Å². The van der Waals surface area contributed by atoms with Crippen LogP contribution in [0.15, 0.2) is 35.4 Å². The van der Waals surface area contributed by atoms with E-state index in [1.807, 2.05) is 19.1 Å². The third-order valence-corrected chi connectivity index (χ3v) is 6.46. The summed E-state index contributed by atoms with van der Waals surface area (Å²) < 4.78 is 0. The number of fused-ring (bicyclic) bond motifs is 1. The molecule has 2 aromatic heterocycles. The van der Waals surface area contributed by atoms with Crippen LogP contribution in [-0.2, 0) is 6.54 Å². The summed E-state index contributed by atoms with van der Waals surface area (Å²) in [5.41, 5.74) is 7.94. The zero-order valence-corrected chi connectivity index (χ0v) is 16.8. The zero-order valence-electron chi connectivity index (χ0n) is 14.4. The van der Waals surface area contributed by atoms with E-state index in [1.165, 1.54) is 41.5 Å². The van der Waals surface area contributed by atoms with Crippen molar-refractivity contribution in [3.8, 4) is 0 Å². The number of nitrogens with zero attached hydrogens (tertiary/aromatic N) is 2. The first-order valence-corrected chi connectivity index (χ1v) is 10.2.